The summed E-state index contributed by atoms with van der Waals surface area (Å²) in [6, 6.07) is 13.9. The minimum Gasteiger partial charge on any atom is -0.492 e. The van der Waals surface area contributed by atoms with E-state index < -0.39 is 0 Å². The van der Waals surface area contributed by atoms with Crippen LogP contribution in [0.4, 0.5) is 11.6 Å². The van der Waals surface area contributed by atoms with Crippen molar-refractivity contribution in [1.82, 2.24) is 29.0 Å². The van der Waals surface area contributed by atoms with E-state index in [9.17, 15) is 4.79 Å². The predicted molar refractivity (Wildman–Crippen MR) is 154 cm³/mol. The maximum absolute atomic E-state index is 13.0. The molecule has 0 unspecified atom stereocenters. The molecule has 1 fully saturated rings. The van der Waals surface area contributed by atoms with E-state index in [-0.39, 0.29) is 10.8 Å². The quantitative estimate of drug-likeness (QED) is 0.297. The van der Waals surface area contributed by atoms with E-state index in [1.54, 1.807) is 15.3 Å². The highest BCUT2D eigenvalue weighted by atomic mass is 32.1. The van der Waals surface area contributed by atoms with E-state index >= 15 is 0 Å². The Morgan fingerprint density at radius 3 is 2.62 bits per heavy atom. The number of benzene rings is 1. The molecule has 2 N–H and O–H groups in total. The molecule has 5 heterocycles. The van der Waals surface area contributed by atoms with Crippen molar-refractivity contribution in [1.29, 1.82) is 0 Å². The number of rotatable bonds is 9. The molecular weight excluding hydrogens is 516 g/mol. The van der Waals surface area contributed by atoms with Gasteiger partial charge in [0.2, 0.25) is 5.95 Å². The summed E-state index contributed by atoms with van der Waals surface area (Å²) in [6.07, 6.45) is 1.60. The Labute approximate surface area is 229 Å². The Balaban J connectivity index is 1.10. The minimum absolute atomic E-state index is 0.0442. The second-order valence-electron chi connectivity index (χ2n) is 9.92. The predicted octanol–water partition coefficient (Wildman–Crippen LogP) is 2.71. The highest BCUT2D eigenvalue weighted by Gasteiger charge is 2.21. The molecule has 0 radical (unpaired) electrons. The molecule has 11 nitrogen and oxygen atoms in total. The number of ether oxygens (including phenoxy) is 1. The Bertz CT molecular complexity index is 1610. The molecule has 12 heteroatoms. The van der Waals surface area contributed by atoms with Crippen LogP contribution < -0.4 is 20.2 Å². The number of furan rings is 1. The van der Waals surface area contributed by atoms with Gasteiger partial charge in [-0.1, -0.05) is 11.3 Å². The summed E-state index contributed by atoms with van der Waals surface area (Å²) in [5.74, 6) is 1.78. The number of hydrogen-bond acceptors (Lipinski definition) is 10. The number of piperazine rings is 1. The molecule has 0 amide bonds. The molecule has 39 heavy (non-hydrogen) atoms. The van der Waals surface area contributed by atoms with E-state index in [4.69, 9.17) is 14.9 Å². The number of anilines is 2. The molecule has 5 aromatic rings. The SMILES string of the molecule is CN(C)CCOc1ccc(N2CCN(CCn3c(=O)sc4c3nc(N)n3nc(-c5ccco5)cc43)CC2)cc1. The van der Waals surface area contributed by atoms with Crippen LogP contribution in [0.15, 0.2) is 57.9 Å². The summed E-state index contributed by atoms with van der Waals surface area (Å²) in [5.41, 5.74) is 9.46. The van der Waals surface area contributed by atoms with Crippen molar-refractivity contribution in [3.8, 4) is 17.2 Å². The molecule has 0 aliphatic carbocycles. The van der Waals surface area contributed by atoms with Gasteiger partial charge in [-0.2, -0.15) is 14.6 Å². The van der Waals surface area contributed by atoms with E-state index in [2.05, 4.69) is 36.9 Å². The van der Waals surface area contributed by atoms with Crippen LogP contribution in [-0.2, 0) is 6.54 Å². The van der Waals surface area contributed by atoms with Gasteiger partial charge >= 0.3 is 4.87 Å². The van der Waals surface area contributed by atoms with Crippen molar-refractivity contribution in [2.24, 2.45) is 0 Å². The normalized spacial score (nSPS) is 14.7. The highest BCUT2D eigenvalue weighted by molar-refractivity contribution is 7.17. The Hall–Kier alpha value is -3.87. The van der Waals surface area contributed by atoms with E-state index in [1.165, 1.54) is 17.0 Å². The van der Waals surface area contributed by atoms with Gasteiger partial charge in [-0.25, -0.2) is 0 Å². The first kappa shape index (κ1) is 25.4. The van der Waals surface area contributed by atoms with Crippen LogP contribution in [0.25, 0.3) is 27.3 Å². The fourth-order valence-corrected chi connectivity index (χ4v) is 5.82. The maximum Gasteiger partial charge on any atom is 0.309 e. The van der Waals surface area contributed by atoms with Crippen LogP contribution in [0.5, 0.6) is 5.75 Å². The molecule has 1 aromatic carbocycles. The summed E-state index contributed by atoms with van der Waals surface area (Å²) in [5, 5.41) is 4.53. The van der Waals surface area contributed by atoms with Crippen LogP contribution in [0.2, 0.25) is 0 Å². The molecule has 0 bridgehead atoms. The molecule has 4 aromatic heterocycles. The average molecular weight is 549 g/mol. The van der Waals surface area contributed by atoms with Gasteiger partial charge in [-0.05, 0) is 56.6 Å². The lowest BCUT2D eigenvalue weighted by atomic mass is 10.2. The molecule has 1 aliphatic rings. The number of nitrogens with zero attached hydrogens (tertiary/aromatic N) is 7. The lowest BCUT2D eigenvalue weighted by molar-refractivity contribution is 0.248. The monoisotopic (exact) mass is 548 g/mol. The molecule has 1 saturated heterocycles. The van der Waals surface area contributed by atoms with Gasteiger partial charge < -0.3 is 24.7 Å². The standard InChI is InChI=1S/C27H32N8O3S/c1-31(2)15-17-37-20-7-5-19(6-8-20)33-12-9-32(10-13-33)11-14-34-25-24(39-27(34)36)22-18-21(23-4-3-16-38-23)30-35(22)26(28)29-25/h3-8,16,18H,9-15,17H2,1-2H3,(H2,28,29). The first-order chi connectivity index (χ1) is 19.0. The number of nitrogens with two attached hydrogens (primary N) is 1. The summed E-state index contributed by atoms with van der Waals surface area (Å²) in [6.45, 7) is 6.59. The molecule has 1 aliphatic heterocycles. The minimum atomic E-state index is -0.0442. The maximum atomic E-state index is 13.0. The fraction of sp³-hybridized carbons (Fsp3) is 0.370. The second-order valence-corrected chi connectivity index (χ2v) is 10.9. The highest BCUT2D eigenvalue weighted by Crippen LogP contribution is 2.28. The smallest absolute Gasteiger partial charge is 0.309 e. The lowest BCUT2D eigenvalue weighted by Crippen LogP contribution is -2.47. The molecule has 0 saturated carbocycles. The zero-order valence-corrected chi connectivity index (χ0v) is 22.9. The summed E-state index contributed by atoms with van der Waals surface area (Å²) in [4.78, 5) is 24.4. The molecule has 6 rings (SSSR count). The van der Waals surface area contributed by atoms with Gasteiger partial charge in [0.25, 0.3) is 0 Å². The van der Waals surface area contributed by atoms with Crippen molar-refractivity contribution < 1.29 is 9.15 Å². The van der Waals surface area contributed by atoms with Crippen LogP contribution in [0.1, 0.15) is 0 Å². The van der Waals surface area contributed by atoms with E-state index in [0.717, 1.165) is 55.2 Å². The van der Waals surface area contributed by atoms with Crippen molar-refractivity contribution in [3.63, 3.8) is 0 Å². The first-order valence-corrected chi connectivity index (χ1v) is 13.9. The molecule has 204 valence electrons. The topological polar surface area (TPSA) is 110 Å². The number of likely N-dealkylation sites (N-methyl/N-ethyl adjacent to an activating group) is 1. The summed E-state index contributed by atoms with van der Waals surface area (Å²) < 4.78 is 15.4. The first-order valence-electron chi connectivity index (χ1n) is 13.0. The van der Waals surface area contributed by atoms with E-state index in [1.807, 2.05) is 44.4 Å². The van der Waals surface area contributed by atoms with Gasteiger partial charge in [0.15, 0.2) is 11.4 Å². The van der Waals surface area contributed by atoms with Crippen LogP contribution in [0.3, 0.4) is 0 Å². The summed E-state index contributed by atoms with van der Waals surface area (Å²) >= 11 is 1.18. The third-order valence-corrected chi connectivity index (χ3v) is 8.03. The number of aromatic nitrogens is 4. The number of thiazole rings is 1. The third kappa shape index (κ3) is 5.22. The van der Waals surface area contributed by atoms with Crippen molar-refractivity contribution in [2.45, 2.75) is 6.54 Å². The zero-order valence-electron chi connectivity index (χ0n) is 22.1. The van der Waals surface area contributed by atoms with Crippen LogP contribution >= 0.6 is 11.3 Å². The summed E-state index contributed by atoms with van der Waals surface area (Å²) in [7, 11) is 4.08. The molecule has 0 spiro atoms. The van der Waals surface area contributed by atoms with Gasteiger partial charge in [0, 0.05) is 51.5 Å². The van der Waals surface area contributed by atoms with Crippen molar-refractivity contribution in [2.75, 3.05) is 70.6 Å². The van der Waals surface area contributed by atoms with Crippen molar-refractivity contribution >= 4 is 38.8 Å². The largest absolute Gasteiger partial charge is 0.492 e. The number of fused-ring (bicyclic) bond motifs is 3. The van der Waals surface area contributed by atoms with Gasteiger partial charge in [0.05, 0.1) is 11.8 Å². The number of nitrogen functional groups attached to an aromatic ring is 1. The Morgan fingerprint density at radius 1 is 1.10 bits per heavy atom. The second kappa shape index (κ2) is 10.7. The van der Waals surface area contributed by atoms with Crippen LogP contribution in [-0.4, -0.2) is 88.9 Å². The zero-order chi connectivity index (χ0) is 26.9. The van der Waals surface area contributed by atoms with E-state index in [0.29, 0.717) is 30.3 Å². The third-order valence-electron chi connectivity index (χ3n) is 7.04. The molecular formula is C27H32N8O3S. The van der Waals surface area contributed by atoms with Gasteiger partial charge in [0.1, 0.15) is 22.8 Å². The Kier molecular flexibility index (Phi) is 6.98. The average Bonchev–Trinajstić information content (AvgIpc) is 3.68. The fourth-order valence-electron chi connectivity index (χ4n) is 4.86. The Morgan fingerprint density at radius 2 is 1.90 bits per heavy atom. The lowest BCUT2D eigenvalue weighted by Gasteiger charge is -2.36. The molecule has 0 atom stereocenters. The number of hydrogen-bond donors (Lipinski definition) is 1. The van der Waals surface area contributed by atoms with Crippen molar-refractivity contribution in [3.05, 3.63) is 58.4 Å². The van der Waals surface area contributed by atoms with Gasteiger partial charge in [-0.3, -0.25) is 14.3 Å². The van der Waals surface area contributed by atoms with Crippen LogP contribution in [0, 0.1) is 0 Å². The van der Waals surface area contributed by atoms with Gasteiger partial charge in [-0.15, -0.1) is 0 Å².